The Labute approximate surface area is 132 Å². The number of amides is 2. The lowest BCUT2D eigenvalue weighted by atomic mass is 10.2. The zero-order chi connectivity index (χ0) is 16.8. The third-order valence-electron chi connectivity index (χ3n) is 3.50. The lowest BCUT2D eigenvalue weighted by molar-refractivity contribution is 0.0383. The van der Waals surface area contributed by atoms with Gasteiger partial charge in [-0.25, -0.2) is 14.6 Å². The highest BCUT2D eigenvalue weighted by molar-refractivity contribution is 5.94. The Kier molecular flexibility index (Phi) is 2.82. The summed E-state index contributed by atoms with van der Waals surface area (Å²) < 4.78 is 0.605. The number of nitrogens with zero attached hydrogens (tertiary/aromatic N) is 4. The van der Waals surface area contributed by atoms with Gasteiger partial charge >= 0.3 is 12.0 Å². The Morgan fingerprint density at radius 2 is 1.71 bits per heavy atom. The van der Waals surface area contributed by atoms with Crippen molar-refractivity contribution in [1.29, 1.82) is 0 Å². The molecule has 1 aliphatic heterocycles. The number of carbonyl (C=O) groups excluding carboxylic acids is 2. The second-order valence-electron chi connectivity index (χ2n) is 4.90. The summed E-state index contributed by atoms with van der Waals surface area (Å²) in [6.45, 7) is 0. The predicted octanol–water partition coefficient (Wildman–Crippen LogP) is 0.0893. The average Bonchev–Trinajstić information content (AvgIpc) is 3.07. The number of aromatic nitrogens is 2. The first-order chi connectivity index (χ1) is 11.6. The minimum atomic E-state index is -0.937. The minimum absolute atomic E-state index is 0.0109. The smallest absolute Gasteiger partial charge is 0.369 e. The number of hydrogen-bond donors (Lipinski definition) is 2. The summed E-state index contributed by atoms with van der Waals surface area (Å²) in [4.78, 5) is 39.6. The lowest BCUT2D eigenvalue weighted by Crippen LogP contribution is -2.34. The molecule has 0 bridgehead atoms. The van der Waals surface area contributed by atoms with E-state index in [4.69, 9.17) is 4.84 Å². The molecule has 2 amide bonds. The molecule has 2 aromatic heterocycles. The molecule has 0 radical (unpaired) electrons. The molecule has 118 valence electrons. The van der Waals surface area contributed by atoms with Crippen molar-refractivity contribution in [3.63, 3.8) is 0 Å². The number of benzene rings is 1. The highest BCUT2D eigenvalue weighted by Crippen LogP contribution is 2.34. The van der Waals surface area contributed by atoms with E-state index in [2.05, 4.69) is 15.0 Å². The fraction of sp³-hybridized carbons (Fsp3) is 0. The molecular formula is C15H8N4O5. The maximum Gasteiger partial charge on any atom is 0.369 e. The van der Waals surface area contributed by atoms with Crippen LogP contribution in [0.5, 0.6) is 11.8 Å². The molecule has 0 fully saturated rings. The Hall–Kier alpha value is -3.75. The van der Waals surface area contributed by atoms with Crippen molar-refractivity contribution < 1.29 is 24.6 Å². The molecule has 0 atom stereocenters. The van der Waals surface area contributed by atoms with Crippen LogP contribution in [0.4, 0.5) is 4.79 Å². The van der Waals surface area contributed by atoms with E-state index in [0.717, 1.165) is 0 Å². The minimum Gasteiger partial charge on any atom is -0.492 e. The molecule has 9 nitrogen and oxygen atoms in total. The normalized spacial score (nSPS) is 12.6. The van der Waals surface area contributed by atoms with Gasteiger partial charge in [0.25, 0.3) is 0 Å². The molecule has 0 spiro atoms. The molecular weight excluding hydrogens is 316 g/mol. The van der Waals surface area contributed by atoms with E-state index in [-0.39, 0.29) is 16.4 Å². The van der Waals surface area contributed by atoms with Gasteiger partial charge in [-0.05, 0) is 18.2 Å². The third-order valence-corrected chi connectivity index (χ3v) is 3.50. The molecule has 4 rings (SSSR count). The molecule has 3 heterocycles. The van der Waals surface area contributed by atoms with Gasteiger partial charge in [-0.3, -0.25) is 0 Å². The van der Waals surface area contributed by atoms with Gasteiger partial charge in [-0.15, -0.1) is 4.73 Å². The van der Waals surface area contributed by atoms with Gasteiger partial charge in [0.05, 0.1) is 16.3 Å². The second-order valence-corrected chi connectivity index (χ2v) is 4.90. The summed E-state index contributed by atoms with van der Waals surface area (Å²) in [5.74, 6) is -1.80. The van der Waals surface area contributed by atoms with Crippen molar-refractivity contribution in [2.75, 3.05) is 0 Å². The van der Waals surface area contributed by atoms with E-state index >= 15 is 0 Å². The first kappa shape index (κ1) is 13.9. The van der Waals surface area contributed by atoms with E-state index in [9.17, 15) is 19.8 Å². The van der Waals surface area contributed by atoms with Gasteiger partial charge in [0.1, 0.15) is 5.36 Å². The number of fused-ring (bicyclic) bond motifs is 2. The summed E-state index contributed by atoms with van der Waals surface area (Å²) >= 11 is 0. The molecule has 9 heteroatoms. The highest BCUT2D eigenvalue weighted by atomic mass is 16.7. The Morgan fingerprint density at radius 3 is 2.38 bits per heavy atom. The molecule has 1 aromatic carbocycles. The lowest BCUT2D eigenvalue weighted by Gasteiger charge is -2.06. The molecule has 0 unspecified atom stereocenters. The molecule has 0 saturated carbocycles. The predicted molar refractivity (Wildman–Crippen MR) is 78.1 cm³/mol. The van der Waals surface area contributed by atoms with Crippen molar-refractivity contribution in [1.82, 2.24) is 9.71 Å². The number of pyridine rings is 1. The summed E-state index contributed by atoms with van der Waals surface area (Å²) in [6.07, 6.45) is 1.28. The van der Waals surface area contributed by atoms with Crippen LogP contribution >= 0.6 is 0 Å². The largest absolute Gasteiger partial charge is 0.492 e. The van der Waals surface area contributed by atoms with Crippen LogP contribution in [0.2, 0.25) is 0 Å². The van der Waals surface area contributed by atoms with E-state index in [0.29, 0.717) is 15.5 Å². The molecule has 0 saturated heterocycles. The van der Waals surface area contributed by atoms with Crippen LogP contribution < -0.4 is 15.7 Å². The van der Waals surface area contributed by atoms with Crippen LogP contribution in [-0.2, 0) is 0 Å². The van der Waals surface area contributed by atoms with Crippen LogP contribution in [0.25, 0.3) is 10.8 Å². The average molecular weight is 324 g/mol. The van der Waals surface area contributed by atoms with Crippen molar-refractivity contribution in [3.05, 3.63) is 52.9 Å². The molecule has 3 aromatic rings. The topological polar surface area (TPSA) is 126 Å². The maximum absolute atomic E-state index is 12.4. The monoisotopic (exact) mass is 324 g/mol. The highest BCUT2D eigenvalue weighted by Gasteiger charge is 2.22. The van der Waals surface area contributed by atoms with E-state index < -0.39 is 23.8 Å². The first-order valence-electron chi connectivity index (χ1n) is 6.76. The summed E-state index contributed by atoms with van der Waals surface area (Å²) in [5.41, 5.74) is -0.0493. The quantitative estimate of drug-likeness (QED) is 0.688. The Morgan fingerprint density at radius 1 is 1.04 bits per heavy atom. The molecule has 24 heavy (non-hydrogen) atoms. The van der Waals surface area contributed by atoms with Crippen LogP contribution in [0, 0.1) is 0 Å². The molecule has 0 aliphatic carbocycles. The molecule has 2 N–H and O–H groups in total. The standard InChI is InChI=1S/C15H8N4O5/c20-12-7-3-1-2-4-8(7)13(21)19(12)24-14(22)9-5-6-16-11-10(9)17-15(23)18-11/h1-6,20-21H. The van der Waals surface area contributed by atoms with E-state index in [1.54, 1.807) is 24.3 Å². The number of aromatic hydroxyl groups is 2. The number of urea groups is 1. The van der Waals surface area contributed by atoms with Gasteiger partial charge in [0.15, 0.2) is 5.49 Å². The van der Waals surface area contributed by atoms with Crippen LogP contribution in [0.15, 0.2) is 46.5 Å². The van der Waals surface area contributed by atoms with Crippen LogP contribution in [0.3, 0.4) is 0 Å². The summed E-state index contributed by atoms with van der Waals surface area (Å²) in [7, 11) is 0. The zero-order valence-electron chi connectivity index (χ0n) is 11.9. The number of rotatable bonds is 2. The van der Waals surface area contributed by atoms with Crippen molar-refractivity contribution in [2.45, 2.75) is 0 Å². The Balaban J connectivity index is 1.80. The maximum atomic E-state index is 12.4. The van der Waals surface area contributed by atoms with Crippen molar-refractivity contribution in [3.8, 4) is 11.8 Å². The van der Waals surface area contributed by atoms with Gasteiger partial charge < -0.3 is 15.1 Å². The zero-order valence-corrected chi connectivity index (χ0v) is 11.9. The number of hydrogen-bond acceptors (Lipinski definition) is 6. The third kappa shape index (κ3) is 1.92. The van der Waals surface area contributed by atoms with Crippen molar-refractivity contribution in [2.24, 2.45) is 9.98 Å². The van der Waals surface area contributed by atoms with Gasteiger partial charge in [0.2, 0.25) is 11.8 Å². The fourth-order valence-corrected chi connectivity index (χ4v) is 2.42. The summed E-state index contributed by atoms with van der Waals surface area (Å²) in [5, 5.41) is 20.9. The first-order valence-corrected chi connectivity index (χ1v) is 6.76. The van der Waals surface area contributed by atoms with Crippen LogP contribution in [0.1, 0.15) is 10.4 Å². The van der Waals surface area contributed by atoms with Gasteiger partial charge in [-0.2, -0.15) is 9.98 Å². The van der Waals surface area contributed by atoms with E-state index in [1.807, 2.05) is 0 Å². The van der Waals surface area contributed by atoms with Crippen LogP contribution in [-0.4, -0.2) is 31.9 Å². The fourth-order valence-electron chi connectivity index (χ4n) is 2.42. The Bertz CT molecular complexity index is 1110. The van der Waals surface area contributed by atoms with Gasteiger partial charge in [-0.1, -0.05) is 12.1 Å². The summed E-state index contributed by atoms with van der Waals surface area (Å²) in [6, 6.07) is 6.98. The van der Waals surface area contributed by atoms with E-state index in [1.165, 1.54) is 12.3 Å². The van der Waals surface area contributed by atoms with Gasteiger partial charge in [0, 0.05) is 6.20 Å². The SMILES string of the molecule is O=C1N=c2nccc(C(=O)On3c(O)c4ccccc4c3O)c2=N1. The number of carbonyl (C=O) groups is 2. The molecule has 1 aliphatic rings. The van der Waals surface area contributed by atoms with Crippen molar-refractivity contribution >= 4 is 22.8 Å². The second kappa shape index (κ2) is 4.88.